The van der Waals surface area contributed by atoms with Crippen molar-refractivity contribution in [2.45, 2.75) is 24.4 Å². The number of aliphatic hydroxyl groups is 5. The minimum absolute atomic E-state index is 0.226. The van der Waals surface area contributed by atoms with Crippen LogP contribution in [0.5, 0.6) is 0 Å². The zero-order chi connectivity index (χ0) is 9.72. The van der Waals surface area contributed by atoms with Crippen molar-refractivity contribution >= 4 is 0 Å². The Hall–Kier alpha value is -0.240. The van der Waals surface area contributed by atoms with Gasteiger partial charge in [-0.15, -0.1) is 0 Å². The summed E-state index contributed by atoms with van der Waals surface area (Å²) in [4.78, 5) is 0. The van der Waals surface area contributed by atoms with E-state index in [0.717, 1.165) is 0 Å². The SMILES string of the molecule is NC[C@H](O)[C@H](O)[C@H](O)[C@@H](O)CO. The smallest absolute Gasteiger partial charge is 0.111 e. The fourth-order valence-corrected chi connectivity index (χ4v) is 0.703. The predicted octanol–water partition coefficient (Wildman–Crippen LogP) is -3.62. The molecule has 74 valence electrons. The summed E-state index contributed by atoms with van der Waals surface area (Å²) in [6, 6.07) is 0. The minimum Gasteiger partial charge on any atom is -0.394 e. The van der Waals surface area contributed by atoms with E-state index >= 15 is 0 Å². The molecule has 0 radical (unpaired) electrons. The number of rotatable bonds is 5. The van der Waals surface area contributed by atoms with Crippen LogP contribution in [0.2, 0.25) is 0 Å². The molecule has 12 heavy (non-hydrogen) atoms. The van der Waals surface area contributed by atoms with Gasteiger partial charge in [-0.3, -0.25) is 0 Å². The molecule has 0 aliphatic rings. The maximum atomic E-state index is 9.04. The quantitative estimate of drug-likeness (QED) is 0.260. The molecule has 0 spiro atoms. The van der Waals surface area contributed by atoms with E-state index in [1.54, 1.807) is 0 Å². The minimum atomic E-state index is -1.59. The van der Waals surface area contributed by atoms with Crippen molar-refractivity contribution in [3.63, 3.8) is 0 Å². The molecule has 4 atom stereocenters. The maximum Gasteiger partial charge on any atom is 0.111 e. The van der Waals surface area contributed by atoms with Crippen LogP contribution in [-0.2, 0) is 0 Å². The molecule has 7 N–H and O–H groups in total. The fraction of sp³-hybridized carbons (Fsp3) is 1.00. The summed E-state index contributed by atoms with van der Waals surface area (Å²) in [5.74, 6) is 0. The summed E-state index contributed by atoms with van der Waals surface area (Å²) in [5.41, 5.74) is 4.99. The molecule has 0 saturated heterocycles. The van der Waals surface area contributed by atoms with Gasteiger partial charge >= 0.3 is 0 Å². The van der Waals surface area contributed by atoms with Gasteiger partial charge in [-0.1, -0.05) is 0 Å². The van der Waals surface area contributed by atoms with Crippen LogP contribution in [0.3, 0.4) is 0 Å². The Bertz CT molecular complexity index is 109. The van der Waals surface area contributed by atoms with E-state index < -0.39 is 31.0 Å². The standard InChI is InChI=1S/C6H15NO5/c7-1-3(9)5(11)6(12)4(10)2-8/h3-6,8-12H,1-2,7H2/t3-,4-,5-,6+/m0/s1. The second-order valence-corrected chi connectivity index (χ2v) is 2.53. The molecule has 0 fully saturated rings. The van der Waals surface area contributed by atoms with Gasteiger partial charge in [-0.05, 0) is 0 Å². The van der Waals surface area contributed by atoms with E-state index in [0.29, 0.717) is 0 Å². The third kappa shape index (κ3) is 3.02. The molecule has 0 rings (SSSR count). The van der Waals surface area contributed by atoms with Crippen molar-refractivity contribution in [1.82, 2.24) is 0 Å². The molecule has 0 bridgehead atoms. The van der Waals surface area contributed by atoms with E-state index in [1.165, 1.54) is 0 Å². The average molecular weight is 181 g/mol. The molecular weight excluding hydrogens is 166 g/mol. The summed E-state index contributed by atoms with van der Waals surface area (Å²) in [6.07, 6.45) is -5.91. The normalized spacial score (nSPS) is 21.5. The number of hydrogen-bond donors (Lipinski definition) is 6. The Morgan fingerprint density at radius 3 is 1.67 bits per heavy atom. The second-order valence-electron chi connectivity index (χ2n) is 2.53. The summed E-state index contributed by atoms with van der Waals surface area (Å²) in [7, 11) is 0. The topological polar surface area (TPSA) is 127 Å². The Kier molecular flexibility index (Phi) is 5.31. The van der Waals surface area contributed by atoms with Gasteiger partial charge in [0, 0.05) is 6.54 Å². The molecule has 0 amide bonds. The van der Waals surface area contributed by atoms with Crippen LogP contribution < -0.4 is 5.73 Å². The van der Waals surface area contributed by atoms with Crippen LogP contribution in [0.1, 0.15) is 0 Å². The van der Waals surface area contributed by atoms with Crippen molar-refractivity contribution in [1.29, 1.82) is 0 Å². The van der Waals surface area contributed by atoms with Gasteiger partial charge in [0.2, 0.25) is 0 Å². The molecule has 0 unspecified atom stereocenters. The Morgan fingerprint density at radius 2 is 1.33 bits per heavy atom. The third-order valence-corrected chi connectivity index (χ3v) is 1.57. The third-order valence-electron chi connectivity index (χ3n) is 1.57. The first-order chi connectivity index (χ1) is 5.54. The Morgan fingerprint density at radius 1 is 0.917 bits per heavy atom. The summed E-state index contributed by atoms with van der Waals surface area (Å²) in [6.45, 7) is -0.911. The summed E-state index contributed by atoms with van der Waals surface area (Å²) >= 11 is 0. The first kappa shape index (κ1) is 11.8. The molecule has 0 saturated carbocycles. The highest BCUT2D eigenvalue weighted by Gasteiger charge is 2.28. The van der Waals surface area contributed by atoms with E-state index in [4.69, 9.17) is 31.3 Å². The highest BCUT2D eigenvalue weighted by atomic mass is 16.4. The second kappa shape index (κ2) is 5.41. The van der Waals surface area contributed by atoms with Gasteiger partial charge in [-0.2, -0.15) is 0 Å². The van der Waals surface area contributed by atoms with Crippen LogP contribution in [0, 0.1) is 0 Å². The molecule has 6 nitrogen and oxygen atoms in total. The highest BCUT2D eigenvalue weighted by Crippen LogP contribution is 2.03. The van der Waals surface area contributed by atoms with Crippen molar-refractivity contribution in [3.05, 3.63) is 0 Å². The van der Waals surface area contributed by atoms with Gasteiger partial charge in [0.05, 0.1) is 12.7 Å². The molecule has 0 heterocycles. The zero-order valence-electron chi connectivity index (χ0n) is 6.54. The molecule has 0 aliphatic heterocycles. The average Bonchev–Trinajstić information content (AvgIpc) is 2.12. The van der Waals surface area contributed by atoms with E-state index in [-0.39, 0.29) is 6.54 Å². The van der Waals surface area contributed by atoms with E-state index in [1.807, 2.05) is 0 Å². The van der Waals surface area contributed by atoms with Gasteiger partial charge in [0.15, 0.2) is 0 Å². The number of aliphatic hydroxyl groups excluding tert-OH is 5. The van der Waals surface area contributed by atoms with E-state index in [2.05, 4.69) is 0 Å². The van der Waals surface area contributed by atoms with Crippen molar-refractivity contribution in [2.75, 3.05) is 13.2 Å². The lowest BCUT2D eigenvalue weighted by molar-refractivity contribution is -0.112. The zero-order valence-corrected chi connectivity index (χ0v) is 6.54. The molecule has 0 aromatic rings. The van der Waals surface area contributed by atoms with Crippen LogP contribution in [-0.4, -0.2) is 63.1 Å². The summed E-state index contributed by atoms with van der Waals surface area (Å²) in [5, 5.41) is 44.2. The molecule has 6 heteroatoms. The lowest BCUT2D eigenvalue weighted by Crippen LogP contribution is -2.48. The predicted molar refractivity (Wildman–Crippen MR) is 40.2 cm³/mol. The largest absolute Gasteiger partial charge is 0.394 e. The van der Waals surface area contributed by atoms with Crippen LogP contribution in [0.25, 0.3) is 0 Å². The lowest BCUT2D eigenvalue weighted by atomic mass is 10.0. The highest BCUT2D eigenvalue weighted by molar-refractivity contribution is 4.80. The first-order valence-electron chi connectivity index (χ1n) is 3.57. The molecule has 0 aliphatic carbocycles. The van der Waals surface area contributed by atoms with E-state index in [9.17, 15) is 0 Å². The lowest BCUT2D eigenvalue weighted by Gasteiger charge is -2.24. The number of hydrogen-bond acceptors (Lipinski definition) is 6. The van der Waals surface area contributed by atoms with Gasteiger partial charge < -0.3 is 31.3 Å². The molecule has 0 aromatic carbocycles. The number of nitrogens with two attached hydrogens (primary N) is 1. The van der Waals surface area contributed by atoms with Crippen molar-refractivity contribution in [2.24, 2.45) is 5.73 Å². The molecule has 0 aromatic heterocycles. The molecular formula is C6H15NO5. The first-order valence-corrected chi connectivity index (χ1v) is 3.57. The van der Waals surface area contributed by atoms with Crippen LogP contribution in [0.15, 0.2) is 0 Å². The van der Waals surface area contributed by atoms with Gasteiger partial charge in [-0.25, -0.2) is 0 Å². The summed E-state index contributed by atoms with van der Waals surface area (Å²) < 4.78 is 0. The Labute approximate surface area is 69.9 Å². The van der Waals surface area contributed by atoms with Crippen LogP contribution in [0.4, 0.5) is 0 Å². The van der Waals surface area contributed by atoms with Crippen molar-refractivity contribution < 1.29 is 25.5 Å². The van der Waals surface area contributed by atoms with Crippen molar-refractivity contribution in [3.8, 4) is 0 Å². The fourth-order valence-electron chi connectivity index (χ4n) is 0.703. The maximum absolute atomic E-state index is 9.04. The monoisotopic (exact) mass is 181 g/mol. The van der Waals surface area contributed by atoms with Gasteiger partial charge in [0.25, 0.3) is 0 Å². The van der Waals surface area contributed by atoms with Crippen LogP contribution >= 0.6 is 0 Å². The van der Waals surface area contributed by atoms with Gasteiger partial charge in [0.1, 0.15) is 18.3 Å². The Balaban J connectivity index is 3.99.